The summed E-state index contributed by atoms with van der Waals surface area (Å²) in [4.78, 5) is 11.2. The highest BCUT2D eigenvalue weighted by Gasteiger charge is 2.46. The molecule has 0 bridgehead atoms. The number of hydrogen-bond acceptors (Lipinski definition) is 7. The average Bonchev–Trinajstić information content (AvgIpc) is 3.50. The number of pyridine rings is 1. The lowest BCUT2D eigenvalue weighted by Crippen LogP contribution is -2.44. The molecule has 2 saturated heterocycles. The van der Waals surface area contributed by atoms with Crippen molar-refractivity contribution in [1.82, 2.24) is 15.3 Å². The normalized spacial score (nSPS) is 24.2. The Kier molecular flexibility index (Phi) is 4.09. The summed E-state index contributed by atoms with van der Waals surface area (Å²) in [6.07, 6.45) is 3.93. The summed E-state index contributed by atoms with van der Waals surface area (Å²) < 4.78 is 21.2. The van der Waals surface area contributed by atoms with E-state index in [2.05, 4.69) is 26.7 Å². The van der Waals surface area contributed by atoms with Crippen LogP contribution in [0.25, 0.3) is 20.4 Å². The van der Waals surface area contributed by atoms with E-state index in [-0.39, 0.29) is 11.4 Å². The van der Waals surface area contributed by atoms with Gasteiger partial charge in [0, 0.05) is 29.0 Å². The zero-order valence-corrected chi connectivity index (χ0v) is 17.2. The Labute approximate surface area is 174 Å². The van der Waals surface area contributed by atoms with Crippen molar-refractivity contribution in [3.05, 3.63) is 46.7 Å². The third-order valence-electron chi connectivity index (χ3n) is 6.12. The zero-order chi connectivity index (χ0) is 19.4. The number of thiophene rings is 1. The molecule has 0 aliphatic carbocycles. The van der Waals surface area contributed by atoms with Gasteiger partial charge in [-0.15, -0.1) is 22.7 Å². The van der Waals surface area contributed by atoms with E-state index in [9.17, 15) is 4.39 Å². The van der Waals surface area contributed by atoms with E-state index in [4.69, 9.17) is 4.74 Å². The number of nitrogens with one attached hydrogen (secondary N) is 2. The molecule has 2 aliphatic heterocycles. The second-order valence-corrected chi connectivity index (χ2v) is 9.68. The van der Waals surface area contributed by atoms with Gasteiger partial charge in [-0.05, 0) is 43.7 Å². The van der Waals surface area contributed by atoms with Crippen LogP contribution in [-0.2, 0) is 4.74 Å². The summed E-state index contributed by atoms with van der Waals surface area (Å²) in [7, 11) is 0. The van der Waals surface area contributed by atoms with E-state index in [0.29, 0.717) is 11.6 Å². The molecule has 0 unspecified atom stereocenters. The maximum absolute atomic E-state index is 14.6. The lowest BCUT2D eigenvalue weighted by atomic mass is 9.83. The Balaban J connectivity index is 1.39. The number of aromatic nitrogens is 2. The van der Waals surface area contributed by atoms with Gasteiger partial charge >= 0.3 is 0 Å². The molecule has 2 N–H and O–H groups in total. The van der Waals surface area contributed by atoms with E-state index in [1.54, 1.807) is 35.2 Å². The summed E-state index contributed by atoms with van der Waals surface area (Å²) in [5, 5.41) is 8.00. The van der Waals surface area contributed by atoms with Gasteiger partial charge in [-0.3, -0.25) is 0 Å². The van der Waals surface area contributed by atoms with Gasteiger partial charge in [0.25, 0.3) is 0 Å². The first kappa shape index (κ1) is 17.7. The third kappa shape index (κ3) is 2.85. The summed E-state index contributed by atoms with van der Waals surface area (Å²) in [6.45, 7) is 2.60. The van der Waals surface area contributed by atoms with Crippen LogP contribution in [0.1, 0.15) is 23.6 Å². The number of benzene rings is 1. The molecule has 6 rings (SSSR count). The van der Waals surface area contributed by atoms with Gasteiger partial charge in [-0.1, -0.05) is 0 Å². The largest absolute Gasteiger partial charge is 0.379 e. The molecule has 1 spiro atoms. The predicted molar refractivity (Wildman–Crippen MR) is 116 cm³/mol. The molecular weight excluding hydrogens is 407 g/mol. The van der Waals surface area contributed by atoms with E-state index in [1.165, 1.54) is 16.2 Å². The van der Waals surface area contributed by atoms with Gasteiger partial charge < -0.3 is 15.4 Å². The number of hydrogen-bond donors (Lipinski definition) is 2. The monoisotopic (exact) mass is 426 g/mol. The Morgan fingerprint density at radius 3 is 3.10 bits per heavy atom. The zero-order valence-electron chi connectivity index (χ0n) is 15.6. The van der Waals surface area contributed by atoms with Gasteiger partial charge in [-0.25, -0.2) is 14.4 Å². The fourth-order valence-electron chi connectivity index (χ4n) is 4.63. The molecule has 0 saturated carbocycles. The van der Waals surface area contributed by atoms with Gasteiger partial charge in [0.05, 0.1) is 39.2 Å². The lowest BCUT2D eigenvalue weighted by Gasteiger charge is -2.28. The summed E-state index contributed by atoms with van der Waals surface area (Å²) in [5.41, 5.74) is 3.90. The average molecular weight is 427 g/mol. The number of nitrogens with zero attached hydrogens (tertiary/aromatic N) is 2. The maximum Gasteiger partial charge on any atom is 0.148 e. The highest BCUT2D eigenvalue weighted by Crippen LogP contribution is 2.45. The number of rotatable bonds is 3. The van der Waals surface area contributed by atoms with E-state index in [1.807, 2.05) is 6.07 Å². The quantitative estimate of drug-likeness (QED) is 0.481. The van der Waals surface area contributed by atoms with Gasteiger partial charge in [-0.2, -0.15) is 0 Å². The Morgan fingerprint density at radius 1 is 1.24 bits per heavy atom. The molecule has 8 heteroatoms. The smallest absolute Gasteiger partial charge is 0.148 e. The molecule has 5 nitrogen and oxygen atoms in total. The van der Waals surface area contributed by atoms with E-state index < -0.39 is 0 Å². The molecule has 1 aromatic carbocycles. The number of thiazole rings is 1. The van der Waals surface area contributed by atoms with Crippen molar-refractivity contribution in [3.8, 4) is 0 Å². The van der Waals surface area contributed by atoms with Crippen molar-refractivity contribution < 1.29 is 9.13 Å². The number of ether oxygens (including phenoxy) is 1. The molecule has 0 radical (unpaired) electrons. The molecule has 0 amide bonds. The van der Waals surface area contributed by atoms with Gasteiger partial charge in [0.2, 0.25) is 0 Å². The van der Waals surface area contributed by atoms with Crippen LogP contribution in [0.4, 0.5) is 15.8 Å². The summed E-state index contributed by atoms with van der Waals surface area (Å²) in [6, 6.07) is 7.45. The minimum Gasteiger partial charge on any atom is -0.379 e. The summed E-state index contributed by atoms with van der Waals surface area (Å²) >= 11 is 3.18. The van der Waals surface area contributed by atoms with Crippen LogP contribution in [-0.4, -0.2) is 35.3 Å². The molecule has 3 aromatic heterocycles. The van der Waals surface area contributed by atoms with Crippen LogP contribution in [0.2, 0.25) is 0 Å². The third-order valence-corrected chi connectivity index (χ3v) is 8.07. The number of halogens is 1. The number of fused-ring (bicyclic) bond motifs is 2. The maximum atomic E-state index is 14.6. The molecule has 2 aliphatic rings. The van der Waals surface area contributed by atoms with Crippen molar-refractivity contribution in [2.45, 2.75) is 24.3 Å². The highest BCUT2D eigenvalue weighted by molar-refractivity contribution is 7.18. The lowest BCUT2D eigenvalue weighted by molar-refractivity contribution is 0.168. The molecule has 2 fully saturated rings. The molecular formula is C21H19FN4OS2. The first-order valence-electron chi connectivity index (χ1n) is 9.73. The minimum absolute atomic E-state index is 0.0518. The van der Waals surface area contributed by atoms with Crippen molar-refractivity contribution in [3.63, 3.8) is 0 Å². The van der Waals surface area contributed by atoms with Crippen molar-refractivity contribution in [2.24, 2.45) is 0 Å². The Morgan fingerprint density at radius 2 is 2.21 bits per heavy atom. The molecule has 2 atom stereocenters. The minimum atomic E-state index is -0.274. The van der Waals surface area contributed by atoms with Crippen molar-refractivity contribution in [2.75, 3.05) is 25.1 Å². The Bertz CT molecular complexity index is 1210. The van der Waals surface area contributed by atoms with Crippen LogP contribution in [0.15, 0.2) is 36.0 Å². The Hall–Kier alpha value is -2.13. The fraction of sp³-hybridized carbons (Fsp3) is 0.333. The van der Waals surface area contributed by atoms with Crippen LogP contribution >= 0.6 is 22.7 Å². The standard InChI is InChI=1S/C21H19FN4OS2/c22-14-8-19-17(24-11-28-19)9-16(14)26-15-2-4-23-20-12(15)7-18(29-20)13-1-5-25-21(13)3-6-27-10-21/h2,4,7-9,11,13,25H,1,3,5-6,10H2,(H,23,26)/t13-,21-/m1/s1. The van der Waals surface area contributed by atoms with Crippen LogP contribution < -0.4 is 10.6 Å². The van der Waals surface area contributed by atoms with Crippen LogP contribution in [0, 0.1) is 5.82 Å². The molecule has 148 valence electrons. The van der Waals surface area contributed by atoms with E-state index in [0.717, 1.165) is 58.7 Å². The molecule has 29 heavy (non-hydrogen) atoms. The second-order valence-electron chi connectivity index (χ2n) is 7.73. The fourth-order valence-corrected chi connectivity index (χ4v) is 6.59. The summed E-state index contributed by atoms with van der Waals surface area (Å²) in [5.74, 6) is 0.157. The topological polar surface area (TPSA) is 59.1 Å². The second kappa shape index (κ2) is 6.70. The first-order chi connectivity index (χ1) is 14.2. The first-order valence-corrected chi connectivity index (χ1v) is 11.4. The van der Waals surface area contributed by atoms with Crippen molar-refractivity contribution >= 4 is 54.5 Å². The van der Waals surface area contributed by atoms with Crippen LogP contribution in [0.3, 0.4) is 0 Å². The highest BCUT2D eigenvalue weighted by atomic mass is 32.1. The molecule has 4 aromatic rings. The molecule has 5 heterocycles. The SMILES string of the molecule is Fc1cc2scnc2cc1Nc1ccnc2sc([C@H]3CCN[C@@]34CCOC4)cc12. The number of anilines is 2. The van der Waals surface area contributed by atoms with Crippen molar-refractivity contribution in [1.29, 1.82) is 0 Å². The van der Waals surface area contributed by atoms with E-state index >= 15 is 0 Å². The van der Waals surface area contributed by atoms with Gasteiger partial charge in [0.1, 0.15) is 10.6 Å². The van der Waals surface area contributed by atoms with Crippen LogP contribution in [0.5, 0.6) is 0 Å². The van der Waals surface area contributed by atoms with Gasteiger partial charge in [0.15, 0.2) is 0 Å². The predicted octanol–water partition coefficient (Wildman–Crippen LogP) is 5.02.